The van der Waals surface area contributed by atoms with Crippen molar-refractivity contribution in [2.45, 2.75) is 13.8 Å². The highest BCUT2D eigenvalue weighted by Gasteiger charge is 2.12. The van der Waals surface area contributed by atoms with Crippen molar-refractivity contribution in [3.8, 4) is 17.0 Å². The van der Waals surface area contributed by atoms with Crippen molar-refractivity contribution in [1.82, 2.24) is 4.98 Å². The van der Waals surface area contributed by atoms with Crippen LogP contribution in [0.2, 0.25) is 5.02 Å². The SMILES string of the molecule is COc1cc2c(C)cc(-c3cc(F)cc(Cl)c3)nc2cc1NC(C)=O. The van der Waals surface area contributed by atoms with Crippen molar-refractivity contribution in [3.05, 3.63) is 52.8 Å². The molecule has 0 bridgehead atoms. The summed E-state index contributed by atoms with van der Waals surface area (Å²) in [6.07, 6.45) is 0. The highest BCUT2D eigenvalue weighted by Crippen LogP contribution is 2.33. The smallest absolute Gasteiger partial charge is 0.221 e. The molecule has 1 amide bonds. The summed E-state index contributed by atoms with van der Waals surface area (Å²) in [7, 11) is 1.54. The minimum Gasteiger partial charge on any atom is -0.495 e. The van der Waals surface area contributed by atoms with Crippen LogP contribution in [0.15, 0.2) is 36.4 Å². The van der Waals surface area contributed by atoms with Crippen LogP contribution in [0.25, 0.3) is 22.2 Å². The Labute approximate surface area is 149 Å². The van der Waals surface area contributed by atoms with Crippen LogP contribution in [0.4, 0.5) is 10.1 Å². The molecule has 0 aliphatic carbocycles. The lowest BCUT2D eigenvalue weighted by atomic mass is 10.0. The number of anilines is 1. The molecule has 6 heteroatoms. The van der Waals surface area contributed by atoms with Crippen LogP contribution in [0, 0.1) is 12.7 Å². The average molecular weight is 359 g/mol. The van der Waals surface area contributed by atoms with Crippen LogP contribution in [-0.4, -0.2) is 18.0 Å². The summed E-state index contributed by atoms with van der Waals surface area (Å²) in [6, 6.07) is 9.73. The lowest BCUT2D eigenvalue weighted by molar-refractivity contribution is -0.114. The molecule has 1 aromatic heterocycles. The molecular weight excluding hydrogens is 343 g/mol. The maximum absolute atomic E-state index is 13.7. The summed E-state index contributed by atoms with van der Waals surface area (Å²) in [5, 5.41) is 3.92. The van der Waals surface area contributed by atoms with Gasteiger partial charge in [0.05, 0.1) is 24.0 Å². The second kappa shape index (κ2) is 6.69. The first-order valence-corrected chi connectivity index (χ1v) is 7.98. The summed E-state index contributed by atoms with van der Waals surface area (Å²) in [5.41, 5.74) is 3.34. The van der Waals surface area contributed by atoms with E-state index in [1.807, 2.05) is 19.1 Å². The number of fused-ring (bicyclic) bond motifs is 1. The van der Waals surface area contributed by atoms with Crippen molar-refractivity contribution in [2.24, 2.45) is 0 Å². The Hall–Kier alpha value is -2.66. The molecule has 1 heterocycles. The van der Waals surface area contributed by atoms with Gasteiger partial charge in [0.25, 0.3) is 0 Å². The van der Waals surface area contributed by atoms with Gasteiger partial charge in [-0.1, -0.05) is 11.6 Å². The van der Waals surface area contributed by atoms with Crippen LogP contribution in [0.3, 0.4) is 0 Å². The number of ether oxygens (including phenoxy) is 1. The normalized spacial score (nSPS) is 10.8. The predicted octanol–water partition coefficient (Wildman–Crippen LogP) is 4.97. The first-order chi connectivity index (χ1) is 11.9. The third kappa shape index (κ3) is 3.56. The molecule has 25 heavy (non-hydrogen) atoms. The number of hydrogen-bond acceptors (Lipinski definition) is 3. The number of amides is 1. The van der Waals surface area contributed by atoms with Gasteiger partial charge in [0.2, 0.25) is 5.91 Å². The van der Waals surface area contributed by atoms with Crippen molar-refractivity contribution in [2.75, 3.05) is 12.4 Å². The van der Waals surface area contributed by atoms with Crippen LogP contribution in [0.1, 0.15) is 12.5 Å². The number of benzene rings is 2. The number of carbonyl (C=O) groups excluding carboxylic acids is 1. The fraction of sp³-hybridized carbons (Fsp3) is 0.158. The fourth-order valence-corrected chi connectivity index (χ4v) is 2.95. The predicted molar refractivity (Wildman–Crippen MR) is 97.7 cm³/mol. The number of nitrogens with zero attached hydrogens (tertiary/aromatic N) is 1. The molecule has 0 atom stereocenters. The van der Waals surface area contributed by atoms with Crippen LogP contribution >= 0.6 is 11.6 Å². The average Bonchev–Trinajstić information content (AvgIpc) is 2.52. The van der Waals surface area contributed by atoms with Gasteiger partial charge in [0.1, 0.15) is 11.6 Å². The van der Waals surface area contributed by atoms with E-state index in [4.69, 9.17) is 16.3 Å². The van der Waals surface area contributed by atoms with E-state index >= 15 is 0 Å². The number of halogens is 2. The van der Waals surface area contributed by atoms with Crippen LogP contribution in [-0.2, 0) is 4.79 Å². The molecule has 128 valence electrons. The van der Waals surface area contributed by atoms with Crippen molar-refractivity contribution < 1.29 is 13.9 Å². The van der Waals surface area contributed by atoms with Gasteiger partial charge in [-0.15, -0.1) is 0 Å². The number of aromatic nitrogens is 1. The van der Waals surface area contributed by atoms with Gasteiger partial charge in [-0.2, -0.15) is 0 Å². The van der Waals surface area contributed by atoms with Gasteiger partial charge >= 0.3 is 0 Å². The molecule has 0 saturated heterocycles. The molecule has 0 aliphatic rings. The first-order valence-electron chi connectivity index (χ1n) is 7.61. The maximum atomic E-state index is 13.7. The van der Waals surface area contributed by atoms with Crippen LogP contribution < -0.4 is 10.1 Å². The second-order valence-electron chi connectivity index (χ2n) is 5.73. The van der Waals surface area contributed by atoms with Gasteiger partial charge < -0.3 is 10.1 Å². The third-order valence-electron chi connectivity index (χ3n) is 3.81. The van der Waals surface area contributed by atoms with Gasteiger partial charge in [-0.05, 0) is 48.9 Å². The monoisotopic (exact) mass is 358 g/mol. The molecular formula is C19H16ClFN2O2. The van der Waals surface area contributed by atoms with E-state index in [2.05, 4.69) is 10.3 Å². The van der Waals surface area contributed by atoms with E-state index < -0.39 is 5.82 Å². The Morgan fingerprint density at radius 3 is 2.60 bits per heavy atom. The van der Waals surface area contributed by atoms with Gasteiger partial charge in [0.15, 0.2) is 0 Å². The van der Waals surface area contributed by atoms with E-state index in [1.165, 1.54) is 19.1 Å². The fourth-order valence-electron chi connectivity index (χ4n) is 2.73. The minimum atomic E-state index is -0.421. The van der Waals surface area contributed by atoms with Crippen molar-refractivity contribution >= 4 is 34.1 Å². The number of aryl methyl sites for hydroxylation is 1. The van der Waals surface area contributed by atoms with Gasteiger partial charge in [-0.3, -0.25) is 4.79 Å². The van der Waals surface area contributed by atoms with Gasteiger partial charge in [-0.25, -0.2) is 9.37 Å². The first kappa shape index (κ1) is 17.2. The molecule has 0 fully saturated rings. The summed E-state index contributed by atoms with van der Waals surface area (Å²) in [5.74, 6) is -0.0766. The summed E-state index contributed by atoms with van der Waals surface area (Å²) < 4.78 is 19.0. The van der Waals surface area contributed by atoms with E-state index in [-0.39, 0.29) is 5.91 Å². The Kier molecular flexibility index (Phi) is 4.59. The number of pyridine rings is 1. The lowest BCUT2D eigenvalue weighted by Gasteiger charge is -2.13. The van der Waals surface area contributed by atoms with E-state index in [1.54, 1.807) is 19.2 Å². The molecule has 3 aromatic rings. The second-order valence-corrected chi connectivity index (χ2v) is 6.17. The molecule has 0 radical (unpaired) electrons. The maximum Gasteiger partial charge on any atom is 0.221 e. The topological polar surface area (TPSA) is 51.2 Å². The van der Waals surface area contributed by atoms with E-state index in [0.717, 1.165) is 10.9 Å². The number of rotatable bonds is 3. The third-order valence-corrected chi connectivity index (χ3v) is 4.02. The Balaban J connectivity index is 2.21. The molecule has 2 aromatic carbocycles. The zero-order valence-corrected chi connectivity index (χ0v) is 14.7. The Bertz CT molecular complexity index is 969. The molecule has 0 saturated carbocycles. The molecule has 0 unspecified atom stereocenters. The highest BCUT2D eigenvalue weighted by atomic mass is 35.5. The van der Waals surface area contributed by atoms with Crippen LogP contribution in [0.5, 0.6) is 5.75 Å². The number of methoxy groups -OCH3 is 1. The summed E-state index contributed by atoms with van der Waals surface area (Å²) >= 11 is 5.95. The molecule has 0 spiro atoms. The Morgan fingerprint density at radius 1 is 1.20 bits per heavy atom. The zero-order valence-electron chi connectivity index (χ0n) is 14.0. The molecule has 4 nitrogen and oxygen atoms in total. The number of carbonyl (C=O) groups is 1. The molecule has 1 N–H and O–H groups in total. The van der Waals surface area contributed by atoms with Gasteiger partial charge in [0, 0.05) is 22.9 Å². The van der Waals surface area contributed by atoms with Crippen molar-refractivity contribution in [3.63, 3.8) is 0 Å². The standard InChI is InChI=1S/C19H16ClFN2O2/c1-10-4-16(12-5-13(20)7-14(21)6-12)23-17-9-18(22-11(2)24)19(25-3)8-15(10)17/h4-9H,1-3H3,(H,22,24). The summed E-state index contributed by atoms with van der Waals surface area (Å²) in [4.78, 5) is 16.0. The highest BCUT2D eigenvalue weighted by molar-refractivity contribution is 6.30. The zero-order chi connectivity index (χ0) is 18.1. The van der Waals surface area contributed by atoms with E-state index in [9.17, 15) is 9.18 Å². The van der Waals surface area contributed by atoms with E-state index in [0.29, 0.717) is 33.2 Å². The number of nitrogens with one attached hydrogen (secondary N) is 1. The molecule has 0 aliphatic heterocycles. The largest absolute Gasteiger partial charge is 0.495 e. The van der Waals surface area contributed by atoms with Crippen molar-refractivity contribution in [1.29, 1.82) is 0 Å². The minimum absolute atomic E-state index is 0.206. The Morgan fingerprint density at radius 2 is 1.96 bits per heavy atom. The lowest BCUT2D eigenvalue weighted by Crippen LogP contribution is -2.07. The quantitative estimate of drug-likeness (QED) is 0.719. The summed E-state index contributed by atoms with van der Waals surface area (Å²) in [6.45, 7) is 3.36. The number of hydrogen-bond donors (Lipinski definition) is 1. The molecule has 3 rings (SSSR count).